The number of amides is 1. The number of carboxylic acid groups (broad SMARTS) is 2. The van der Waals surface area contributed by atoms with E-state index in [0.29, 0.717) is 18.4 Å². The second kappa shape index (κ2) is 8.24. The molecular formula is C19H21N3O6S. The van der Waals surface area contributed by atoms with Crippen LogP contribution in [-0.4, -0.2) is 39.0 Å². The minimum Gasteiger partial charge on any atom is -0.484 e. The summed E-state index contributed by atoms with van der Waals surface area (Å²) in [5.41, 5.74) is 2.80. The lowest BCUT2D eigenvalue weighted by molar-refractivity contribution is -0.112. The summed E-state index contributed by atoms with van der Waals surface area (Å²) in [6, 6.07) is 0. The van der Waals surface area contributed by atoms with E-state index in [1.54, 1.807) is 0 Å². The number of anilines is 1. The second-order valence-corrected chi connectivity index (χ2v) is 8.10. The number of nitrogens with zero attached hydrogens (tertiary/aromatic N) is 2. The van der Waals surface area contributed by atoms with Crippen molar-refractivity contribution in [1.82, 2.24) is 10.1 Å². The van der Waals surface area contributed by atoms with Crippen LogP contribution in [0.3, 0.4) is 0 Å². The first-order valence-electron chi connectivity index (χ1n) is 9.57. The Bertz CT molecular complexity index is 955. The van der Waals surface area contributed by atoms with Crippen molar-refractivity contribution in [2.24, 2.45) is 0 Å². The van der Waals surface area contributed by atoms with Crippen LogP contribution in [0.5, 0.6) is 5.06 Å². The molecule has 29 heavy (non-hydrogen) atoms. The van der Waals surface area contributed by atoms with Crippen LogP contribution in [0.4, 0.5) is 9.80 Å². The highest BCUT2D eigenvalue weighted by Gasteiger charge is 2.32. The summed E-state index contributed by atoms with van der Waals surface area (Å²) < 4.78 is 11.4. The smallest absolute Gasteiger partial charge is 0.484 e. The summed E-state index contributed by atoms with van der Waals surface area (Å²) in [4.78, 5) is 25.7. The zero-order valence-electron chi connectivity index (χ0n) is 15.6. The van der Waals surface area contributed by atoms with Gasteiger partial charge in [0.2, 0.25) is 0 Å². The predicted octanol–water partition coefficient (Wildman–Crippen LogP) is 4.27. The Morgan fingerprint density at radius 2 is 2.00 bits per heavy atom. The summed E-state index contributed by atoms with van der Waals surface area (Å²) in [5.74, 6) is 1.69. The topological polar surface area (TPSA) is 135 Å². The molecule has 3 heterocycles. The molecule has 3 aliphatic rings. The zero-order valence-corrected chi connectivity index (χ0v) is 16.5. The first-order chi connectivity index (χ1) is 14.0. The van der Waals surface area contributed by atoms with E-state index >= 15 is 0 Å². The van der Waals surface area contributed by atoms with Crippen molar-refractivity contribution in [1.29, 1.82) is 0 Å². The van der Waals surface area contributed by atoms with Crippen LogP contribution in [0, 0.1) is 0 Å². The number of hydrogen-bond donors (Lipinski definition) is 3. The fraction of sp³-hybridized carbons (Fsp3) is 0.474. The fourth-order valence-corrected chi connectivity index (χ4v) is 4.53. The van der Waals surface area contributed by atoms with E-state index in [1.807, 2.05) is 6.08 Å². The molecule has 1 aliphatic heterocycles. The molecule has 2 aromatic rings. The molecule has 2 aromatic heterocycles. The second-order valence-electron chi connectivity index (χ2n) is 7.11. The Morgan fingerprint density at radius 1 is 1.21 bits per heavy atom. The molecule has 0 aromatic carbocycles. The molecule has 10 heteroatoms. The minimum atomic E-state index is -1.83. The van der Waals surface area contributed by atoms with E-state index in [4.69, 9.17) is 24.3 Å². The summed E-state index contributed by atoms with van der Waals surface area (Å²) >= 11 is 1.47. The van der Waals surface area contributed by atoms with Crippen LogP contribution < -0.4 is 10.1 Å². The number of rotatable bonds is 4. The van der Waals surface area contributed by atoms with Gasteiger partial charge in [-0.15, -0.1) is 0 Å². The average molecular weight is 419 g/mol. The number of thiophene rings is 1. The maximum atomic E-state index is 12.6. The summed E-state index contributed by atoms with van der Waals surface area (Å²) in [6.07, 6.45) is 7.18. The first-order valence-corrected chi connectivity index (χ1v) is 10.4. The summed E-state index contributed by atoms with van der Waals surface area (Å²) in [7, 11) is 0. The molecule has 154 valence electrons. The minimum absolute atomic E-state index is 0.0284. The molecule has 2 aliphatic carbocycles. The summed E-state index contributed by atoms with van der Waals surface area (Å²) in [5, 5.41) is 22.8. The van der Waals surface area contributed by atoms with Gasteiger partial charge in [0.15, 0.2) is 10.9 Å². The van der Waals surface area contributed by atoms with Gasteiger partial charge in [0.05, 0.1) is 12.2 Å². The lowest BCUT2D eigenvalue weighted by atomic mass is 10.1. The number of carbonyl (C=O) groups excluding carboxylic acids is 1. The quantitative estimate of drug-likeness (QED) is 0.668. The Kier molecular flexibility index (Phi) is 5.52. The van der Waals surface area contributed by atoms with Crippen molar-refractivity contribution in [3.63, 3.8) is 0 Å². The number of nitrogens with one attached hydrogen (secondary N) is 1. The van der Waals surface area contributed by atoms with E-state index in [0.717, 1.165) is 77.5 Å². The number of aromatic nitrogens is 2. The molecule has 3 N–H and O–H groups in total. The first kappa shape index (κ1) is 19.4. The fourth-order valence-electron chi connectivity index (χ4n) is 3.42. The van der Waals surface area contributed by atoms with Crippen LogP contribution >= 0.6 is 11.3 Å². The molecule has 0 spiro atoms. The maximum absolute atomic E-state index is 12.6. The van der Waals surface area contributed by atoms with Gasteiger partial charge in [-0.2, -0.15) is 4.98 Å². The Balaban J connectivity index is 0.000000472. The molecule has 0 bridgehead atoms. The van der Waals surface area contributed by atoms with Crippen LogP contribution in [0.1, 0.15) is 55.8 Å². The van der Waals surface area contributed by atoms with Crippen molar-refractivity contribution >= 4 is 28.4 Å². The van der Waals surface area contributed by atoms with Crippen molar-refractivity contribution in [2.75, 3.05) is 11.9 Å². The third-order valence-corrected chi connectivity index (χ3v) is 5.99. The highest BCUT2D eigenvalue weighted by Crippen LogP contribution is 2.48. The molecule has 0 atom stereocenters. The Labute approximate surface area is 170 Å². The van der Waals surface area contributed by atoms with E-state index in [9.17, 15) is 4.79 Å². The standard InChI is InChI=1S/C18H19N3O3S.CH2O3/c22-15(11-4-1-2-5-11)20-17-13(12-6-3-9-23-18(12)25-17)16-19-14(21-24-16)10-7-8-10;2-1(3)4/h4,10H,1-3,5-9H2,(H,20,22);(H2,2,3,4). The highest BCUT2D eigenvalue weighted by atomic mass is 32.1. The molecule has 5 rings (SSSR count). The molecule has 1 fully saturated rings. The lowest BCUT2D eigenvalue weighted by Gasteiger charge is -2.12. The molecular weight excluding hydrogens is 398 g/mol. The molecule has 1 amide bonds. The number of ether oxygens (including phenoxy) is 1. The molecule has 0 unspecified atom stereocenters. The van der Waals surface area contributed by atoms with Gasteiger partial charge in [-0.3, -0.25) is 4.79 Å². The van der Waals surface area contributed by atoms with Crippen molar-refractivity contribution in [3.05, 3.63) is 23.0 Å². The average Bonchev–Trinajstić information content (AvgIpc) is 3.11. The van der Waals surface area contributed by atoms with Gasteiger partial charge >= 0.3 is 6.16 Å². The Morgan fingerprint density at radius 3 is 2.69 bits per heavy atom. The SMILES string of the molecule is O=C(Nc1sc2c(c1-c1nc(C3CC3)no1)CCCO2)C1=CCCC1.O=C(O)O. The van der Waals surface area contributed by atoms with Crippen LogP contribution in [0.25, 0.3) is 11.5 Å². The normalized spacial score (nSPS) is 17.4. The van der Waals surface area contributed by atoms with Gasteiger partial charge in [-0.05, 0) is 44.9 Å². The van der Waals surface area contributed by atoms with Crippen LogP contribution in [-0.2, 0) is 11.2 Å². The van der Waals surface area contributed by atoms with E-state index in [-0.39, 0.29) is 5.91 Å². The van der Waals surface area contributed by atoms with Gasteiger partial charge in [0, 0.05) is 17.1 Å². The third kappa shape index (κ3) is 4.42. The van der Waals surface area contributed by atoms with Gasteiger partial charge in [0.25, 0.3) is 11.8 Å². The van der Waals surface area contributed by atoms with E-state index in [1.165, 1.54) is 11.3 Å². The van der Waals surface area contributed by atoms with E-state index in [2.05, 4.69) is 15.5 Å². The van der Waals surface area contributed by atoms with Crippen LogP contribution in [0.2, 0.25) is 0 Å². The lowest BCUT2D eigenvalue weighted by Crippen LogP contribution is -2.13. The van der Waals surface area contributed by atoms with Gasteiger partial charge < -0.3 is 24.8 Å². The monoisotopic (exact) mass is 419 g/mol. The van der Waals surface area contributed by atoms with Gasteiger partial charge in [-0.1, -0.05) is 22.6 Å². The third-order valence-electron chi connectivity index (χ3n) is 4.93. The maximum Gasteiger partial charge on any atom is 0.503 e. The molecule has 0 radical (unpaired) electrons. The van der Waals surface area contributed by atoms with Crippen molar-refractivity contribution < 1.29 is 29.1 Å². The number of allylic oxidation sites excluding steroid dienone is 1. The van der Waals surface area contributed by atoms with Crippen LogP contribution in [0.15, 0.2) is 16.2 Å². The number of carbonyl (C=O) groups is 2. The van der Waals surface area contributed by atoms with Gasteiger partial charge in [0.1, 0.15) is 5.00 Å². The zero-order chi connectivity index (χ0) is 20.4. The van der Waals surface area contributed by atoms with Crippen molar-refractivity contribution in [3.8, 4) is 16.5 Å². The van der Waals surface area contributed by atoms with Gasteiger partial charge in [-0.25, -0.2) is 4.79 Å². The van der Waals surface area contributed by atoms with E-state index < -0.39 is 6.16 Å². The molecule has 1 saturated carbocycles. The summed E-state index contributed by atoms with van der Waals surface area (Å²) in [6.45, 7) is 0.711. The number of hydrogen-bond acceptors (Lipinski definition) is 7. The number of fused-ring (bicyclic) bond motifs is 1. The largest absolute Gasteiger partial charge is 0.503 e. The molecule has 0 saturated heterocycles. The highest BCUT2D eigenvalue weighted by molar-refractivity contribution is 7.19. The van der Waals surface area contributed by atoms with Crippen molar-refractivity contribution in [2.45, 2.75) is 50.9 Å². The predicted molar refractivity (Wildman–Crippen MR) is 105 cm³/mol. The Hall–Kier alpha value is -2.88. The molecule has 9 nitrogen and oxygen atoms in total.